The third-order valence-corrected chi connectivity index (χ3v) is 3.30. The van der Waals surface area contributed by atoms with E-state index in [0.717, 1.165) is 24.3 Å². The van der Waals surface area contributed by atoms with E-state index >= 15 is 0 Å². The fourth-order valence-electron chi connectivity index (χ4n) is 2.19. The monoisotopic (exact) mass is 291 g/mol. The molecule has 0 atom stereocenters. The van der Waals surface area contributed by atoms with Crippen molar-refractivity contribution in [2.24, 2.45) is 0 Å². The quantitative estimate of drug-likeness (QED) is 0.875. The molecule has 0 bridgehead atoms. The van der Waals surface area contributed by atoms with Crippen LogP contribution in [0.1, 0.15) is 12.5 Å². The van der Waals surface area contributed by atoms with Gasteiger partial charge in [-0.25, -0.2) is 0 Å². The third-order valence-electron chi connectivity index (χ3n) is 3.30. The van der Waals surface area contributed by atoms with Crippen LogP contribution in [0.2, 0.25) is 0 Å². The lowest BCUT2D eigenvalue weighted by molar-refractivity contribution is -0.118. The fourth-order valence-corrected chi connectivity index (χ4v) is 2.19. The molecule has 2 amide bonds. The summed E-state index contributed by atoms with van der Waals surface area (Å²) in [7, 11) is 0. The van der Waals surface area contributed by atoms with E-state index in [4.69, 9.17) is 4.74 Å². The van der Waals surface area contributed by atoms with E-state index in [9.17, 15) is 9.59 Å². The van der Waals surface area contributed by atoms with E-state index < -0.39 is 0 Å². The summed E-state index contributed by atoms with van der Waals surface area (Å²) in [5.74, 6) is -0.190. The van der Waals surface area contributed by atoms with Crippen molar-refractivity contribution in [2.45, 2.75) is 13.8 Å². The summed E-state index contributed by atoms with van der Waals surface area (Å²) in [6, 6.07) is 5.46. The number of carbonyl (C=O) groups is 2. The first-order valence-electron chi connectivity index (χ1n) is 7.03. The average Bonchev–Trinajstić information content (AvgIpc) is 2.43. The molecule has 2 rings (SSSR count). The average molecular weight is 291 g/mol. The molecule has 0 aromatic heterocycles. The van der Waals surface area contributed by atoms with Gasteiger partial charge in [0.05, 0.1) is 19.8 Å². The Kier molecular flexibility index (Phi) is 5.30. The topological polar surface area (TPSA) is 70.7 Å². The van der Waals surface area contributed by atoms with Crippen LogP contribution in [-0.2, 0) is 14.3 Å². The molecular formula is C15H21N3O3. The van der Waals surface area contributed by atoms with Crippen LogP contribution in [0.25, 0.3) is 0 Å². The number of hydrogen-bond donors (Lipinski definition) is 2. The Morgan fingerprint density at radius 1 is 1.24 bits per heavy atom. The minimum absolute atomic E-state index is 0.0556. The molecule has 0 saturated carbocycles. The third kappa shape index (κ3) is 4.84. The van der Waals surface area contributed by atoms with E-state index in [-0.39, 0.29) is 11.8 Å². The molecule has 0 spiro atoms. The molecule has 1 aromatic rings. The first-order chi connectivity index (χ1) is 10.0. The van der Waals surface area contributed by atoms with Gasteiger partial charge in [-0.2, -0.15) is 0 Å². The summed E-state index contributed by atoms with van der Waals surface area (Å²) in [5.41, 5.74) is 2.36. The summed E-state index contributed by atoms with van der Waals surface area (Å²) in [5, 5.41) is 5.61. The highest BCUT2D eigenvalue weighted by molar-refractivity contribution is 5.95. The molecule has 1 aliphatic heterocycles. The number of benzene rings is 1. The number of nitrogens with one attached hydrogen (secondary N) is 2. The van der Waals surface area contributed by atoms with E-state index in [1.54, 1.807) is 6.07 Å². The molecule has 21 heavy (non-hydrogen) atoms. The Labute approximate surface area is 124 Å². The number of morpholine rings is 1. The van der Waals surface area contributed by atoms with E-state index in [2.05, 4.69) is 15.5 Å². The van der Waals surface area contributed by atoms with Crippen molar-refractivity contribution in [3.63, 3.8) is 0 Å². The molecule has 6 heteroatoms. The van der Waals surface area contributed by atoms with Gasteiger partial charge >= 0.3 is 0 Å². The van der Waals surface area contributed by atoms with Crippen LogP contribution in [0.5, 0.6) is 0 Å². The molecule has 0 unspecified atom stereocenters. The van der Waals surface area contributed by atoms with Crippen molar-refractivity contribution in [2.75, 3.05) is 43.5 Å². The number of carbonyl (C=O) groups excluding carboxylic acids is 2. The van der Waals surface area contributed by atoms with Crippen molar-refractivity contribution in [3.8, 4) is 0 Å². The normalized spacial score (nSPS) is 15.5. The minimum atomic E-state index is -0.135. The van der Waals surface area contributed by atoms with Gasteiger partial charge in [-0.05, 0) is 24.6 Å². The Hall–Kier alpha value is -1.92. The highest BCUT2D eigenvalue weighted by Gasteiger charge is 2.14. The molecule has 114 valence electrons. The second-order valence-corrected chi connectivity index (χ2v) is 5.15. The van der Waals surface area contributed by atoms with Gasteiger partial charge in [0.1, 0.15) is 0 Å². The number of amides is 2. The lowest BCUT2D eigenvalue weighted by Gasteiger charge is -2.26. The van der Waals surface area contributed by atoms with Crippen LogP contribution in [0.3, 0.4) is 0 Å². The zero-order valence-electron chi connectivity index (χ0n) is 12.4. The lowest BCUT2D eigenvalue weighted by Crippen LogP contribution is -2.41. The van der Waals surface area contributed by atoms with Crippen LogP contribution < -0.4 is 10.6 Å². The molecule has 1 aliphatic rings. The predicted molar refractivity (Wildman–Crippen MR) is 81.4 cm³/mol. The SMILES string of the molecule is CC(=O)Nc1ccc(C)c(NC(=O)CN2CCOCC2)c1. The van der Waals surface area contributed by atoms with Gasteiger partial charge in [0.25, 0.3) is 0 Å². The Balaban J connectivity index is 1.97. The number of nitrogens with zero attached hydrogens (tertiary/aromatic N) is 1. The zero-order valence-corrected chi connectivity index (χ0v) is 12.4. The van der Waals surface area contributed by atoms with Gasteiger partial charge in [0.2, 0.25) is 11.8 Å². The fraction of sp³-hybridized carbons (Fsp3) is 0.467. The predicted octanol–water partition coefficient (Wildman–Crippen LogP) is 1.22. The summed E-state index contributed by atoms with van der Waals surface area (Å²) in [4.78, 5) is 25.2. The van der Waals surface area contributed by atoms with Crippen molar-refractivity contribution in [3.05, 3.63) is 23.8 Å². The van der Waals surface area contributed by atoms with Crippen molar-refractivity contribution in [1.29, 1.82) is 0 Å². The highest BCUT2D eigenvalue weighted by Crippen LogP contribution is 2.20. The molecule has 1 fully saturated rings. The Morgan fingerprint density at radius 2 is 1.95 bits per heavy atom. The standard InChI is InChI=1S/C15H21N3O3/c1-11-3-4-13(16-12(2)19)9-14(11)17-15(20)10-18-5-7-21-8-6-18/h3-4,9H,5-8,10H2,1-2H3,(H,16,19)(H,17,20). The van der Waals surface area contributed by atoms with Crippen molar-refractivity contribution in [1.82, 2.24) is 4.90 Å². The van der Waals surface area contributed by atoms with Crippen molar-refractivity contribution >= 4 is 23.2 Å². The molecule has 0 aliphatic carbocycles. The van der Waals surface area contributed by atoms with Crippen LogP contribution in [0, 0.1) is 6.92 Å². The number of rotatable bonds is 4. The van der Waals surface area contributed by atoms with E-state index in [1.807, 2.05) is 19.1 Å². The first kappa shape index (κ1) is 15.5. The Morgan fingerprint density at radius 3 is 2.62 bits per heavy atom. The second kappa shape index (κ2) is 7.19. The maximum atomic E-state index is 12.1. The minimum Gasteiger partial charge on any atom is -0.379 e. The van der Waals surface area contributed by atoms with Gasteiger partial charge in [-0.15, -0.1) is 0 Å². The van der Waals surface area contributed by atoms with Gasteiger partial charge in [0, 0.05) is 31.4 Å². The largest absolute Gasteiger partial charge is 0.379 e. The molecule has 1 heterocycles. The summed E-state index contributed by atoms with van der Waals surface area (Å²) in [6.45, 7) is 6.62. The number of ether oxygens (including phenoxy) is 1. The van der Waals surface area contributed by atoms with Gasteiger partial charge in [-0.3, -0.25) is 14.5 Å². The van der Waals surface area contributed by atoms with E-state index in [0.29, 0.717) is 25.4 Å². The molecule has 6 nitrogen and oxygen atoms in total. The van der Waals surface area contributed by atoms with Crippen LogP contribution in [-0.4, -0.2) is 49.6 Å². The maximum absolute atomic E-state index is 12.1. The van der Waals surface area contributed by atoms with E-state index in [1.165, 1.54) is 6.92 Å². The van der Waals surface area contributed by atoms with Crippen LogP contribution in [0.15, 0.2) is 18.2 Å². The summed E-state index contributed by atoms with van der Waals surface area (Å²) < 4.78 is 5.26. The number of hydrogen-bond acceptors (Lipinski definition) is 4. The highest BCUT2D eigenvalue weighted by atomic mass is 16.5. The molecule has 0 radical (unpaired) electrons. The number of anilines is 2. The van der Waals surface area contributed by atoms with Gasteiger partial charge in [-0.1, -0.05) is 6.07 Å². The molecule has 1 aromatic carbocycles. The van der Waals surface area contributed by atoms with Crippen molar-refractivity contribution < 1.29 is 14.3 Å². The smallest absolute Gasteiger partial charge is 0.238 e. The molecule has 1 saturated heterocycles. The zero-order chi connectivity index (χ0) is 15.2. The van der Waals surface area contributed by atoms with Gasteiger partial charge < -0.3 is 15.4 Å². The lowest BCUT2D eigenvalue weighted by atomic mass is 10.1. The molecular weight excluding hydrogens is 270 g/mol. The Bertz CT molecular complexity index is 525. The number of aryl methyl sites for hydroxylation is 1. The van der Waals surface area contributed by atoms with Crippen LogP contribution in [0.4, 0.5) is 11.4 Å². The van der Waals surface area contributed by atoms with Gasteiger partial charge in [0.15, 0.2) is 0 Å². The summed E-state index contributed by atoms with van der Waals surface area (Å²) >= 11 is 0. The van der Waals surface area contributed by atoms with Crippen LogP contribution >= 0.6 is 0 Å². The molecule has 2 N–H and O–H groups in total. The maximum Gasteiger partial charge on any atom is 0.238 e. The summed E-state index contributed by atoms with van der Waals surface area (Å²) in [6.07, 6.45) is 0. The first-order valence-corrected chi connectivity index (χ1v) is 7.03. The second-order valence-electron chi connectivity index (χ2n) is 5.15.